The first kappa shape index (κ1) is 13.8. The Balaban J connectivity index is 1.73. The van der Waals surface area contributed by atoms with Crippen LogP contribution >= 0.6 is 15.9 Å². The summed E-state index contributed by atoms with van der Waals surface area (Å²) in [6.45, 7) is 2.56. The fraction of sp³-hybridized carbons (Fsp3) is 0.571. The van der Waals surface area contributed by atoms with Crippen LogP contribution in [0.1, 0.15) is 19.3 Å². The first-order valence-electron chi connectivity index (χ1n) is 6.53. The molecule has 100 valence electrons. The van der Waals surface area contributed by atoms with Crippen molar-refractivity contribution in [2.75, 3.05) is 26.3 Å². The van der Waals surface area contributed by atoms with E-state index in [1.54, 1.807) is 0 Å². The van der Waals surface area contributed by atoms with Crippen LogP contribution in [0, 0.1) is 0 Å². The number of benzene rings is 1. The molecule has 3 nitrogen and oxygen atoms in total. The van der Waals surface area contributed by atoms with E-state index < -0.39 is 0 Å². The van der Waals surface area contributed by atoms with E-state index in [4.69, 9.17) is 9.84 Å². The smallest absolute Gasteiger partial charge is 0.119 e. The largest absolute Gasteiger partial charge is 0.492 e. The average Bonchev–Trinajstić information content (AvgIpc) is 2.30. The second-order valence-electron chi connectivity index (χ2n) is 4.65. The lowest BCUT2D eigenvalue weighted by molar-refractivity contribution is 0.0860. The Morgan fingerprint density at radius 1 is 1.22 bits per heavy atom. The molecule has 1 saturated carbocycles. The van der Waals surface area contributed by atoms with Crippen molar-refractivity contribution in [1.82, 2.24) is 4.90 Å². The molecule has 0 radical (unpaired) electrons. The Hall–Kier alpha value is -0.580. The summed E-state index contributed by atoms with van der Waals surface area (Å²) in [6, 6.07) is 8.54. The average molecular weight is 314 g/mol. The molecule has 18 heavy (non-hydrogen) atoms. The molecule has 1 aromatic rings. The van der Waals surface area contributed by atoms with Gasteiger partial charge in [0.15, 0.2) is 0 Å². The Morgan fingerprint density at radius 3 is 2.50 bits per heavy atom. The maximum Gasteiger partial charge on any atom is 0.119 e. The van der Waals surface area contributed by atoms with Gasteiger partial charge in [-0.05, 0) is 37.1 Å². The summed E-state index contributed by atoms with van der Waals surface area (Å²) < 4.78 is 6.77. The molecule has 4 heteroatoms. The minimum Gasteiger partial charge on any atom is -0.492 e. The van der Waals surface area contributed by atoms with Gasteiger partial charge in [-0.1, -0.05) is 22.4 Å². The molecule has 0 bridgehead atoms. The number of aliphatic hydroxyl groups excluding tert-OH is 1. The van der Waals surface area contributed by atoms with Crippen LogP contribution in [-0.4, -0.2) is 42.4 Å². The van der Waals surface area contributed by atoms with Crippen LogP contribution in [0.3, 0.4) is 0 Å². The maximum absolute atomic E-state index is 9.06. The maximum atomic E-state index is 9.06. The lowest BCUT2D eigenvalue weighted by atomic mass is 9.91. The van der Waals surface area contributed by atoms with Crippen LogP contribution < -0.4 is 4.74 Å². The molecular formula is C14H20BrNO2. The molecule has 0 spiro atoms. The number of aliphatic hydroxyl groups is 1. The van der Waals surface area contributed by atoms with Gasteiger partial charge in [-0.25, -0.2) is 0 Å². The molecule has 1 aromatic carbocycles. The van der Waals surface area contributed by atoms with E-state index in [2.05, 4.69) is 20.8 Å². The Labute approximate surface area is 117 Å². The van der Waals surface area contributed by atoms with Crippen LogP contribution in [0.4, 0.5) is 0 Å². The van der Waals surface area contributed by atoms with E-state index >= 15 is 0 Å². The van der Waals surface area contributed by atoms with Gasteiger partial charge < -0.3 is 9.84 Å². The second kappa shape index (κ2) is 7.12. The topological polar surface area (TPSA) is 32.7 Å². The van der Waals surface area contributed by atoms with Crippen LogP contribution in [0.15, 0.2) is 28.7 Å². The van der Waals surface area contributed by atoms with E-state index in [9.17, 15) is 0 Å². The highest BCUT2D eigenvalue weighted by atomic mass is 79.9. The standard InChI is InChI=1S/C14H20BrNO2/c15-12-4-6-14(7-5-12)18-11-9-16(8-10-17)13-2-1-3-13/h4-7,13,17H,1-3,8-11H2. The third-order valence-electron chi connectivity index (χ3n) is 3.44. The summed E-state index contributed by atoms with van der Waals surface area (Å²) >= 11 is 3.40. The van der Waals surface area contributed by atoms with E-state index in [-0.39, 0.29) is 6.61 Å². The van der Waals surface area contributed by atoms with Gasteiger partial charge >= 0.3 is 0 Å². The van der Waals surface area contributed by atoms with E-state index in [0.29, 0.717) is 12.6 Å². The van der Waals surface area contributed by atoms with Crippen molar-refractivity contribution in [2.24, 2.45) is 0 Å². The highest BCUT2D eigenvalue weighted by Crippen LogP contribution is 2.24. The molecule has 0 unspecified atom stereocenters. The molecule has 0 amide bonds. The Bertz CT molecular complexity index is 351. The SMILES string of the molecule is OCCN(CCOc1ccc(Br)cc1)C1CCC1. The monoisotopic (exact) mass is 313 g/mol. The molecule has 0 atom stereocenters. The number of nitrogens with zero attached hydrogens (tertiary/aromatic N) is 1. The van der Waals surface area contributed by atoms with Crippen LogP contribution in [-0.2, 0) is 0 Å². The Morgan fingerprint density at radius 2 is 1.94 bits per heavy atom. The lowest BCUT2D eigenvalue weighted by Crippen LogP contribution is -2.43. The first-order chi connectivity index (χ1) is 8.79. The Kier molecular flexibility index (Phi) is 5.47. The molecule has 1 N–H and O–H groups in total. The predicted octanol–water partition coefficient (Wildman–Crippen LogP) is 2.67. The number of halogens is 1. The van der Waals surface area contributed by atoms with Gasteiger partial charge in [0, 0.05) is 23.6 Å². The molecule has 0 saturated heterocycles. The van der Waals surface area contributed by atoms with Gasteiger partial charge in [-0.15, -0.1) is 0 Å². The van der Waals surface area contributed by atoms with Gasteiger partial charge in [0.05, 0.1) is 6.61 Å². The molecule has 0 heterocycles. The van der Waals surface area contributed by atoms with Crippen molar-refractivity contribution in [3.63, 3.8) is 0 Å². The summed E-state index contributed by atoms with van der Waals surface area (Å²) in [5, 5.41) is 9.06. The minimum atomic E-state index is 0.231. The molecular weight excluding hydrogens is 294 g/mol. The molecule has 1 aliphatic carbocycles. The van der Waals surface area contributed by atoms with Crippen LogP contribution in [0.25, 0.3) is 0 Å². The molecule has 0 aliphatic heterocycles. The van der Waals surface area contributed by atoms with Crippen LogP contribution in [0.2, 0.25) is 0 Å². The van der Waals surface area contributed by atoms with Gasteiger partial charge in [0.2, 0.25) is 0 Å². The number of ether oxygens (including phenoxy) is 1. The van der Waals surface area contributed by atoms with Gasteiger partial charge in [0.25, 0.3) is 0 Å². The summed E-state index contributed by atoms with van der Waals surface area (Å²) in [6.07, 6.45) is 3.84. The first-order valence-corrected chi connectivity index (χ1v) is 7.32. The third kappa shape index (κ3) is 3.97. The zero-order chi connectivity index (χ0) is 12.8. The molecule has 0 aromatic heterocycles. The fourth-order valence-corrected chi connectivity index (χ4v) is 2.43. The quantitative estimate of drug-likeness (QED) is 0.840. The summed E-state index contributed by atoms with van der Waals surface area (Å²) in [4.78, 5) is 2.34. The van der Waals surface area contributed by atoms with Crippen molar-refractivity contribution in [2.45, 2.75) is 25.3 Å². The van der Waals surface area contributed by atoms with E-state index in [1.807, 2.05) is 24.3 Å². The fourth-order valence-electron chi connectivity index (χ4n) is 2.17. The molecule has 1 aliphatic rings. The van der Waals surface area contributed by atoms with Crippen molar-refractivity contribution in [3.05, 3.63) is 28.7 Å². The van der Waals surface area contributed by atoms with Gasteiger partial charge in [-0.3, -0.25) is 4.90 Å². The van der Waals surface area contributed by atoms with Crippen molar-refractivity contribution >= 4 is 15.9 Å². The summed E-state index contributed by atoms with van der Waals surface area (Å²) in [5.41, 5.74) is 0. The second-order valence-corrected chi connectivity index (χ2v) is 5.56. The number of rotatable bonds is 7. The predicted molar refractivity (Wildman–Crippen MR) is 75.9 cm³/mol. The van der Waals surface area contributed by atoms with Crippen molar-refractivity contribution in [3.8, 4) is 5.75 Å². The van der Waals surface area contributed by atoms with Crippen molar-refractivity contribution < 1.29 is 9.84 Å². The van der Waals surface area contributed by atoms with E-state index in [0.717, 1.165) is 23.3 Å². The molecule has 1 fully saturated rings. The van der Waals surface area contributed by atoms with Gasteiger partial charge in [-0.2, -0.15) is 0 Å². The highest BCUT2D eigenvalue weighted by molar-refractivity contribution is 9.10. The van der Waals surface area contributed by atoms with Crippen LogP contribution in [0.5, 0.6) is 5.75 Å². The number of hydrogen-bond acceptors (Lipinski definition) is 3. The summed E-state index contributed by atoms with van der Waals surface area (Å²) in [5.74, 6) is 0.899. The third-order valence-corrected chi connectivity index (χ3v) is 3.97. The lowest BCUT2D eigenvalue weighted by Gasteiger charge is -2.37. The van der Waals surface area contributed by atoms with Gasteiger partial charge in [0.1, 0.15) is 12.4 Å². The normalized spacial score (nSPS) is 15.7. The zero-order valence-electron chi connectivity index (χ0n) is 10.5. The van der Waals surface area contributed by atoms with E-state index in [1.165, 1.54) is 19.3 Å². The minimum absolute atomic E-state index is 0.231. The summed E-state index contributed by atoms with van der Waals surface area (Å²) in [7, 11) is 0. The van der Waals surface area contributed by atoms with Crippen molar-refractivity contribution in [1.29, 1.82) is 0 Å². The number of hydrogen-bond donors (Lipinski definition) is 1. The molecule has 2 rings (SSSR count). The zero-order valence-corrected chi connectivity index (χ0v) is 12.1. The highest BCUT2D eigenvalue weighted by Gasteiger charge is 2.24.